The van der Waals surface area contributed by atoms with Crippen molar-refractivity contribution < 1.29 is 0 Å². The first kappa shape index (κ1) is 31.4. The molecular formula is C46H45N5. The van der Waals surface area contributed by atoms with Crippen LogP contribution in [0.3, 0.4) is 0 Å². The van der Waals surface area contributed by atoms with E-state index < -0.39 is 5.66 Å². The maximum Gasteiger partial charge on any atom is 0.170 e. The molecule has 0 unspecified atom stereocenters. The van der Waals surface area contributed by atoms with Gasteiger partial charge in [0.1, 0.15) is 0 Å². The summed E-state index contributed by atoms with van der Waals surface area (Å²) in [5.74, 6) is 0.979. The van der Waals surface area contributed by atoms with Crippen molar-refractivity contribution in [3.63, 3.8) is 0 Å². The Morgan fingerprint density at radius 1 is 0.490 bits per heavy atom. The van der Waals surface area contributed by atoms with Gasteiger partial charge in [0.25, 0.3) is 0 Å². The highest BCUT2D eigenvalue weighted by Crippen LogP contribution is 2.60. The lowest BCUT2D eigenvalue weighted by atomic mass is 9.87. The highest BCUT2D eigenvalue weighted by atomic mass is 15.6. The van der Waals surface area contributed by atoms with Gasteiger partial charge >= 0.3 is 0 Å². The van der Waals surface area contributed by atoms with E-state index in [1.165, 1.54) is 50.4 Å². The van der Waals surface area contributed by atoms with Crippen LogP contribution in [0.15, 0.2) is 140 Å². The number of hydrogen-bond donors (Lipinski definition) is 0. The van der Waals surface area contributed by atoms with Crippen LogP contribution in [0.1, 0.15) is 63.8 Å². The largest absolute Gasteiger partial charge is 0.321 e. The van der Waals surface area contributed by atoms with Gasteiger partial charge in [-0.3, -0.25) is 0 Å². The molecular weight excluding hydrogens is 623 g/mol. The lowest BCUT2D eigenvalue weighted by Crippen LogP contribution is -2.59. The Bertz CT molecular complexity index is 2130. The summed E-state index contributed by atoms with van der Waals surface area (Å²) in [4.78, 5) is 15.3. The molecule has 51 heavy (non-hydrogen) atoms. The maximum atomic E-state index is 5.10. The Balaban J connectivity index is 1.28. The van der Waals surface area contributed by atoms with Crippen molar-refractivity contribution in [1.82, 2.24) is 4.98 Å². The summed E-state index contributed by atoms with van der Waals surface area (Å²) in [5, 5.41) is 0. The van der Waals surface area contributed by atoms with E-state index in [9.17, 15) is 0 Å². The minimum atomic E-state index is -0.673. The average molecular weight is 668 g/mol. The minimum absolute atomic E-state index is 0.0277. The molecule has 5 aromatic carbocycles. The van der Waals surface area contributed by atoms with Crippen molar-refractivity contribution in [2.75, 3.05) is 32.9 Å². The molecule has 6 aromatic rings. The molecule has 3 heterocycles. The van der Waals surface area contributed by atoms with Gasteiger partial charge in [0.05, 0.1) is 30.4 Å². The molecule has 1 aromatic heterocycles. The summed E-state index contributed by atoms with van der Waals surface area (Å²) in [7, 11) is 0. The number of aromatic nitrogens is 1. The third-order valence-corrected chi connectivity index (χ3v) is 11.1. The van der Waals surface area contributed by atoms with Crippen LogP contribution in [0.4, 0.5) is 34.3 Å². The fourth-order valence-corrected chi connectivity index (χ4v) is 8.48. The lowest BCUT2D eigenvalue weighted by molar-refractivity contribution is 0.472. The first-order chi connectivity index (χ1) is 24.6. The maximum absolute atomic E-state index is 5.10. The molecule has 9 rings (SSSR count). The van der Waals surface area contributed by atoms with Crippen molar-refractivity contribution >= 4 is 34.3 Å². The molecule has 5 nitrogen and oxygen atoms in total. The first-order valence-electron chi connectivity index (χ1n) is 18.1. The second-order valence-corrected chi connectivity index (χ2v) is 16.2. The van der Waals surface area contributed by atoms with Gasteiger partial charge in [-0.1, -0.05) is 126 Å². The zero-order chi connectivity index (χ0) is 35.1. The predicted molar refractivity (Wildman–Crippen MR) is 213 cm³/mol. The van der Waals surface area contributed by atoms with Gasteiger partial charge in [0.15, 0.2) is 11.5 Å². The van der Waals surface area contributed by atoms with Crippen LogP contribution >= 0.6 is 0 Å². The molecule has 0 saturated heterocycles. The zero-order valence-electron chi connectivity index (χ0n) is 30.4. The molecule has 2 aliphatic heterocycles. The minimum Gasteiger partial charge on any atom is -0.321 e. The number of hydrogen-bond acceptors (Lipinski definition) is 5. The Kier molecular flexibility index (Phi) is 6.92. The quantitative estimate of drug-likeness (QED) is 0.186. The van der Waals surface area contributed by atoms with Crippen molar-refractivity contribution in [3.05, 3.63) is 162 Å². The van der Waals surface area contributed by atoms with E-state index in [1.54, 1.807) is 0 Å². The fraction of sp³-hybridized carbons (Fsp3) is 0.239. The van der Waals surface area contributed by atoms with Gasteiger partial charge in [-0.05, 0) is 81.6 Å². The number of anilines is 6. The normalized spacial score (nSPS) is 15.9. The van der Waals surface area contributed by atoms with Gasteiger partial charge in [-0.25, -0.2) is 4.98 Å². The van der Waals surface area contributed by atoms with Gasteiger partial charge in [0, 0.05) is 28.7 Å². The Hall–Kier alpha value is -5.55. The van der Waals surface area contributed by atoms with Crippen molar-refractivity contribution in [3.8, 4) is 11.1 Å². The SMILES string of the molecule is CC(C)(C)c1cccc(N2CN(C3(N4CN(c5cccc(C(C)(C)C)c5)c5ncccc54)c4ccccc4-c4ccccc43)c3ccccc32)c1. The molecule has 0 bridgehead atoms. The summed E-state index contributed by atoms with van der Waals surface area (Å²) in [6.07, 6.45) is 1.93. The van der Waals surface area contributed by atoms with E-state index in [2.05, 4.69) is 195 Å². The smallest absolute Gasteiger partial charge is 0.170 e. The summed E-state index contributed by atoms with van der Waals surface area (Å²) in [6, 6.07) is 49.5. The monoisotopic (exact) mass is 667 g/mol. The number of nitrogens with zero attached hydrogens (tertiary/aromatic N) is 5. The van der Waals surface area contributed by atoms with Crippen molar-refractivity contribution in [2.24, 2.45) is 0 Å². The topological polar surface area (TPSA) is 25.9 Å². The zero-order valence-corrected chi connectivity index (χ0v) is 30.4. The number of fused-ring (bicyclic) bond motifs is 5. The molecule has 0 fully saturated rings. The van der Waals surface area contributed by atoms with Crippen molar-refractivity contribution in [1.29, 1.82) is 0 Å². The Morgan fingerprint density at radius 2 is 0.980 bits per heavy atom. The van der Waals surface area contributed by atoms with E-state index >= 15 is 0 Å². The summed E-state index contributed by atoms with van der Waals surface area (Å²) in [5.41, 5.74) is 13.1. The molecule has 3 aliphatic rings. The Morgan fingerprint density at radius 3 is 1.59 bits per heavy atom. The highest BCUT2D eigenvalue weighted by Gasteiger charge is 2.57. The molecule has 1 aliphatic carbocycles. The van der Waals surface area contributed by atoms with Crippen LogP contribution < -0.4 is 19.6 Å². The second-order valence-electron chi connectivity index (χ2n) is 16.2. The third-order valence-electron chi connectivity index (χ3n) is 11.1. The number of pyridine rings is 1. The summed E-state index contributed by atoms with van der Waals surface area (Å²) < 4.78 is 0. The molecule has 0 amide bonds. The van der Waals surface area contributed by atoms with Crippen LogP contribution in [0, 0.1) is 0 Å². The Labute approximate surface area is 302 Å². The average Bonchev–Trinajstić information content (AvgIpc) is 3.81. The first-order valence-corrected chi connectivity index (χ1v) is 18.1. The van der Waals surface area contributed by atoms with Gasteiger partial charge in [-0.2, -0.15) is 0 Å². The molecule has 0 N–H and O–H groups in total. The number of para-hydroxylation sites is 2. The molecule has 5 heteroatoms. The summed E-state index contributed by atoms with van der Waals surface area (Å²) >= 11 is 0. The number of benzene rings is 5. The molecule has 254 valence electrons. The molecule has 0 spiro atoms. The van der Waals surface area contributed by atoms with E-state index in [-0.39, 0.29) is 10.8 Å². The van der Waals surface area contributed by atoms with E-state index in [1.807, 2.05) is 6.20 Å². The third kappa shape index (κ3) is 4.71. The second kappa shape index (κ2) is 11.2. The molecule has 0 atom stereocenters. The number of rotatable bonds is 4. The van der Waals surface area contributed by atoms with Crippen LogP contribution in [-0.4, -0.2) is 18.3 Å². The van der Waals surface area contributed by atoms with Crippen molar-refractivity contribution in [2.45, 2.75) is 58.0 Å². The van der Waals surface area contributed by atoms with Gasteiger partial charge < -0.3 is 19.6 Å². The standard InChI is InChI=1S/C46H45N5/c1-44(2,3)32-16-13-18-34(28-32)48-30-50(41-25-12-11-24-40(41)48)46(38-22-9-7-20-36(38)37-21-8-10-23-39(37)46)51-31-49(43-42(51)26-15-27-47-43)35-19-14-17-33(29-35)45(4,5)6/h7-29H,30-31H2,1-6H3. The van der Waals surface area contributed by atoms with Crippen LogP contribution in [0.5, 0.6) is 0 Å². The van der Waals surface area contributed by atoms with E-state index in [4.69, 9.17) is 4.98 Å². The van der Waals surface area contributed by atoms with Gasteiger partial charge in [0.2, 0.25) is 0 Å². The molecule has 0 saturated carbocycles. The lowest BCUT2D eigenvalue weighted by Gasteiger charge is -2.49. The van der Waals surface area contributed by atoms with E-state index in [0.29, 0.717) is 13.3 Å². The van der Waals surface area contributed by atoms with Crippen LogP contribution in [-0.2, 0) is 16.5 Å². The predicted octanol–water partition coefficient (Wildman–Crippen LogP) is 11.1. The van der Waals surface area contributed by atoms with Crippen LogP contribution in [0.25, 0.3) is 11.1 Å². The van der Waals surface area contributed by atoms with Gasteiger partial charge in [-0.15, -0.1) is 0 Å². The molecule has 0 radical (unpaired) electrons. The van der Waals surface area contributed by atoms with E-state index in [0.717, 1.165) is 17.2 Å². The summed E-state index contributed by atoms with van der Waals surface area (Å²) in [6.45, 7) is 15.0. The fourth-order valence-electron chi connectivity index (χ4n) is 8.48. The van der Waals surface area contributed by atoms with Crippen LogP contribution in [0.2, 0.25) is 0 Å². The highest BCUT2D eigenvalue weighted by molar-refractivity contribution is 5.93.